The summed E-state index contributed by atoms with van der Waals surface area (Å²) in [6.45, 7) is 0. The molecular weight excluding hydrogens is 725 g/mol. The van der Waals surface area contributed by atoms with E-state index in [1.807, 2.05) is 60.7 Å². The highest BCUT2D eigenvalue weighted by Gasteiger charge is 2.21. The smallest absolute Gasteiger partial charge is 0.164 e. The van der Waals surface area contributed by atoms with Gasteiger partial charge in [0.05, 0.1) is 16.7 Å². The molecule has 6 heteroatoms. The Kier molecular flexibility index (Phi) is 6.63. The van der Waals surface area contributed by atoms with Crippen LogP contribution in [-0.2, 0) is 0 Å². The topological polar surface area (TPSA) is 69.9 Å². The standard InChI is InChI=1S/C53H30N4O2/c1-2-13-31(14-3-1)51-54-52(56-53(55-51)40-21-12-24-47-49(40)39-20-9-11-23-46(39)58-47)34-25-26-37-42-30-45(35-17-6-7-19-38(35)50(42)59-48(37)29-34)57-43-22-10-8-18-36(43)41-27-32-15-4-5-16-33(32)28-44(41)57/h1-30H. The third kappa shape index (κ3) is 4.77. The molecule has 6 nitrogen and oxygen atoms in total. The predicted molar refractivity (Wildman–Crippen MR) is 240 cm³/mol. The zero-order chi connectivity index (χ0) is 38.6. The minimum Gasteiger partial charge on any atom is -0.456 e. The van der Waals surface area contributed by atoms with Crippen LogP contribution in [0.2, 0.25) is 0 Å². The van der Waals surface area contributed by atoms with Crippen molar-refractivity contribution >= 4 is 87.2 Å². The summed E-state index contributed by atoms with van der Waals surface area (Å²) in [7, 11) is 0. The maximum Gasteiger partial charge on any atom is 0.164 e. The Labute approximate surface area is 336 Å². The fourth-order valence-corrected chi connectivity index (χ4v) is 9.12. The molecule has 4 aromatic heterocycles. The number of fused-ring (bicyclic) bond motifs is 12. The van der Waals surface area contributed by atoms with Crippen molar-refractivity contribution in [2.45, 2.75) is 0 Å². The van der Waals surface area contributed by atoms with Crippen molar-refractivity contribution in [3.8, 4) is 39.9 Å². The molecule has 0 saturated carbocycles. The van der Waals surface area contributed by atoms with Crippen LogP contribution in [0.5, 0.6) is 0 Å². The molecule has 9 aromatic carbocycles. The fraction of sp³-hybridized carbons (Fsp3) is 0. The van der Waals surface area contributed by atoms with Crippen molar-refractivity contribution in [3.63, 3.8) is 0 Å². The quantitative estimate of drug-likeness (QED) is 0.179. The second-order valence-corrected chi connectivity index (χ2v) is 15.1. The number of hydrogen-bond acceptors (Lipinski definition) is 5. The van der Waals surface area contributed by atoms with E-state index in [-0.39, 0.29) is 0 Å². The summed E-state index contributed by atoms with van der Waals surface area (Å²) in [5, 5.41) is 11.1. The maximum absolute atomic E-state index is 6.87. The highest BCUT2D eigenvalue weighted by molar-refractivity contribution is 6.20. The number of benzene rings is 9. The monoisotopic (exact) mass is 754 g/mol. The van der Waals surface area contributed by atoms with Gasteiger partial charge in [0.1, 0.15) is 22.3 Å². The SMILES string of the molecule is c1ccc(-c2nc(-c3ccc4c(c3)oc3c5ccccc5c(-n5c6ccccc6c6cc7ccccc7cc65)cc43)nc(-c3cccc4oc5ccccc5c34)n2)cc1. The molecule has 0 aliphatic carbocycles. The molecule has 0 unspecified atom stereocenters. The van der Waals surface area contributed by atoms with Gasteiger partial charge in [-0.05, 0) is 59.3 Å². The molecule has 0 aliphatic rings. The van der Waals surface area contributed by atoms with Crippen LogP contribution in [0, 0.1) is 0 Å². The zero-order valence-electron chi connectivity index (χ0n) is 31.4. The molecule has 274 valence electrons. The van der Waals surface area contributed by atoms with E-state index in [0.717, 1.165) is 82.5 Å². The third-order valence-electron chi connectivity index (χ3n) is 11.8. The normalized spacial score (nSPS) is 12.1. The Morgan fingerprint density at radius 2 is 1.03 bits per heavy atom. The molecule has 0 saturated heterocycles. The fourth-order valence-electron chi connectivity index (χ4n) is 9.12. The average molecular weight is 755 g/mol. The van der Waals surface area contributed by atoms with Crippen LogP contribution in [0.25, 0.3) is 127 Å². The molecule has 0 radical (unpaired) electrons. The summed E-state index contributed by atoms with van der Waals surface area (Å²) in [6, 6.07) is 63.3. The van der Waals surface area contributed by atoms with Crippen molar-refractivity contribution in [3.05, 3.63) is 182 Å². The van der Waals surface area contributed by atoms with E-state index >= 15 is 0 Å². The summed E-state index contributed by atoms with van der Waals surface area (Å²) in [5.74, 6) is 1.73. The first-order valence-corrected chi connectivity index (χ1v) is 19.8. The van der Waals surface area contributed by atoms with Crippen LogP contribution >= 0.6 is 0 Å². The van der Waals surface area contributed by atoms with Crippen LogP contribution in [0.1, 0.15) is 0 Å². The Bertz CT molecular complexity index is 3860. The van der Waals surface area contributed by atoms with Crippen LogP contribution in [0.15, 0.2) is 191 Å². The van der Waals surface area contributed by atoms with Crippen molar-refractivity contribution in [1.82, 2.24) is 19.5 Å². The van der Waals surface area contributed by atoms with Gasteiger partial charge in [-0.1, -0.05) is 133 Å². The molecule has 0 spiro atoms. The van der Waals surface area contributed by atoms with Gasteiger partial charge in [-0.25, -0.2) is 15.0 Å². The van der Waals surface area contributed by atoms with E-state index in [0.29, 0.717) is 17.5 Å². The Morgan fingerprint density at radius 1 is 0.356 bits per heavy atom. The Hall–Kier alpha value is -8.09. The number of aromatic nitrogens is 4. The van der Waals surface area contributed by atoms with Gasteiger partial charge >= 0.3 is 0 Å². The van der Waals surface area contributed by atoms with Gasteiger partial charge in [-0.3, -0.25) is 0 Å². The summed E-state index contributed by atoms with van der Waals surface area (Å²) in [5.41, 5.74) is 9.29. The number of nitrogens with zero attached hydrogens (tertiary/aromatic N) is 4. The Balaban J connectivity index is 1.04. The van der Waals surface area contributed by atoms with E-state index in [2.05, 4.69) is 126 Å². The van der Waals surface area contributed by atoms with Crippen molar-refractivity contribution in [2.75, 3.05) is 0 Å². The second kappa shape index (κ2) is 12.2. The lowest BCUT2D eigenvalue weighted by molar-refractivity contribution is 0.669. The Morgan fingerprint density at radius 3 is 1.90 bits per heavy atom. The van der Waals surface area contributed by atoms with Crippen LogP contribution in [0.3, 0.4) is 0 Å². The van der Waals surface area contributed by atoms with Crippen LogP contribution in [0.4, 0.5) is 0 Å². The summed E-state index contributed by atoms with van der Waals surface area (Å²) in [4.78, 5) is 15.3. The number of hydrogen-bond donors (Lipinski definition) is 0. The molecule has 0 fully saturated rings. The van der Waals surface area contributed by atoms with Crippen molar-refractivity contribution < 1.29 is 8.83 Å². The minimum atomic E-state index is 0.559. The first-order chi connectivity index (χ1) is 29.2. The molecule has 0 N–H and O–H groups in total. The summed E-state index contributed by atoms with van der Waals surface area (Å²) >= 11 is 0. The van der Waals surface area contributed by atoms with E-state index in [1.54, 1.807) is 0 Å². The lowest BCUT2D eigenvalue weighted by atomic mass is 10.0. The van der Waals surface area contributed by atoms with Gasteiger partial charge in [0.25, 0.3) is 0 Å². The maximum atomic E-state index is 6.87. The number of furan rings is 2. The predicted octanol–water partition coefficient (Wildman–Crippen LogP) is 14.1. The first-order valence-electron chi connectivity index (χ1n) is 19.8. The molecule has 0 atom stereocenters. The van der Waals surface area contributed by atoms with Crippen LogP contribution < -0.4 is 0 Å². The lowest BCUT2D eigenvalue weighted by Gasteiger charge is -2.13. The molecule has 0 aliphatic heterocycles. The van der Waals surface area contributed by atoms with Gasteiger partial charge in [0, 0.05) is 59.8 Å². The molecule has 59 heavy (non-hydrogen) atoms. The first kappa shape index (κ1) is 32.0. The van der Waals surface area contributed by atoms with Crippen molar-refractivity contribution in [2.24, 2.45) is 0 Å². The number of rotatable bonds is 4. The van der Waals surface area contributed by atoms with Gasteiger partial charge in [0.2, 0.25) is 0 Å². The molecule has 4 heterocycles. The van der Waals surface area contributed by atoms with Gasteiger partial charge in [0.15, 0.2) is 17.5 Å². The van der Waals surface area contributed by atoms with Gasteiger partial charge < -0.3 is 13.4 Å². The number of para-hydroxylation sites is 2. The molecule has 13 aromatic rings. The zero-order valence-corrected chi connectivity index (χ0v) is 31.4. The van der Waals surface area contributed by atoms with Crippen LogP contribution in [-0.4, -0.2) is 19.5 Å². The highest BCUT2D eigenvalue weighted by Crippen LogP contribution is 2.43. The third-order valence-corrected chi connectivity index (χ3v) is 11.8. The minimum absolute atomic E-state index is 0.559. The van der Waals surface area contributed by atoms with Gasteiger partial charge in [-0.15, -0.1) is 0 Å². The molecular formula is C53H30N4O2. The van der Waals surface area contributed by atoms with Crippen molar-refractivity contribution in [1.29, 1.82) is 0 Å². The molecule has 0 bridgehead atoms. The second-order valence-electron chi connectivity index (χ2n) is 15.1. The van der Waals surface area contributed by atoms with E-state index in [4.69, 9.17) is 23.8 Å². The molecule has 0 amide bonds. The average Bonchev–Trinajstić information content (AvgIpc) is 3.97. The summed E-state index contributed by atoms with van der Waals surface area (Å²) < 4.78 is 15.5. The van der Waals surface area contributed by atoms with E-state index in [1.165, 1.54) is 27.1 Å². The summed E-state index contributed by atoms with van der Waals surface area (Å²) in [6.07, 6.45) is 0. The van der Waals surface area contributed by atoms with E-state index in [9.17, 15) is 0 Å². The largest absolute Gasteiger partial charge is 0.456 e. The highest BCUT2D eigenvalue weighted by atomic mass is 16.3. The lowest BCUT2D eigenvalue weighted by Crippen LogP contribution is -2.00. The molecule has 13 rings (SSSR count). The van der Waals surface area contributed by atoms with Gasteiger partial charge in [-0.2, -0.15) is 0 Å². The van der Waals surface area contributed by atoms with E-state index < -0.39 is 0 Å².